The minimum absolute atomic E-state index is 0.00329. The maximum Gasteiger partial charge on any atom is 0.407 e. The fourth-order valence-corrected chi connectivity index (χ4v) is 2.83. The molecule has 1 aromatic heterocycles. The molecule has 6 nitrogen and oxygen atoms in total. The number of nitrogens with zero attached hydrogens (tertiary/aromatic N) is 1. The second kappa shape index (κ2) is 5.50. The van der Waals surface area contributed by atoms with Crippen LogP contribution >= 0.6 is 0 Å². The van der Waals surface area contributed by atoms with E-state index in [1.807, 2.05) is 0 Å². The van der Waals surface area contributed by atoms with E-state index in [-0.39, 0.29) is 17.5 Å². The van der Waals surface area contributed by atoms with Crippen molar-refractivity contribution in [2.24, 2.45) is 5.92 Å². The summed E-state index contributed by atoms with van der Waals surface area (Å²) >= 11 is 0. The van der Waals surface area contributed by atoms with Gasteiger partial charge < -0.3 is 14.5 Å². The number of amides is 1. The highest BCUT2D eigenvalue weighted by molar-refractivity contribution is 5.65. The first-order valence-corrected chi connectivity index (χ1v) is 6.65. The van der Waals surface area contributed by atoms with Crippen LogP contribution < -0.4 is 5.56 Å². The first-order valence-electron chi connectivity index (χ1n) is 6.65. The minimum Gasteiger partial charge on any atom is -0.465 e. The van der Waals surface area contributed by atoms with Crippen LogP contribution in [0.1, 0.15) is 44.8 Å². The standard InChI is InChI=1S/C13H20N2O4/c1-8(2)5-10-6-9(3-4-15(10)13(17)18)11-7-12(16)14-19-11/h7-10H,3-6H2,1-2H3,(H,14,16)(H,17,18)/t9-,10-/m0/s1. The molecule has 2 heterocycles. The van der Waals surface area contributed by atoms with Gasteiger partial charge in [0.05, 0.1) is 0 Å². The first-order chi connectivity index (χ1) is 8.97. The second-order valence-corrected chi connectivity index (χ2v) is 5.60. The number of carboxylic acid groups (broad SMARTS) is 1. The zero-order valence-corrected chi connectivity index (χ0v) is 11.3. The Balaban J connectivity index is 2.11. The van der Waals surface area contributed by atoms with E-state index in [0.29, 0.717) is 31.1 Å². The summed E-state index contributed by atoms with van der Waals surface area (Å²) in [5.41, 5.74) is -0.240. The maximum atomic E-state index is 11.2. The summed E-state index contributed by atoms with van der Waals surface area (Å²) in [4.78, 5) is 23.9. The molecule has 0 saturated carbocycles. The Bertz CT molecular complexity index is 491. The molecular weight excluding hydrogens is 248 g/mol. The lowest BCUT2D eigenvalue weighted by atomic mass is 9.85. The van der Waals surface area contributed by atoms with E-state index in [0.717, 1.165) is 6.42 Å². The molecule has 1 aliphatic heterocycles. The number of carbonyl (C=O) groups is 1. The van der Waals surface area contributed by atoms with E-state index in [1.54, 1.807) is 0 Å². The molecule has 0 spiro atoms. The van der Waals surface area contributed by atoms with Gasteiger partial charge in [0.15, 0.2) is 0 Å². The first kappa shape index (κ1) is 13.7. The summed E-state index contributed by atoms with van der Waals surface area (Å²) in [6.45, 7) is 4.66. The van der Waals surface area contributed by atoms with Crippen LogP contribution in [0.15, 0.2) is 15.4 Å². The molecule has 1 amide bonds. The Labute approximate surface area is 111 Å². The van der Waals surface area contributed by atoms with E-state index < -0.39 is 6.09 Å². The molecular formula is C13H20N2O4. The molecule has 0 aliphatic carbocycles. The van der Waals surface area contributed by atoms with E-state index in [9.17, 15) is 14.7 Å². The molecule has 6 heteroatoms. The molecule has 2 atom stereocenters. The van der Waals surface area contributed by atoms with Gasteiger partial charge in [-0.3, -0.25) is 4.79 Å². The lowest BCUT2D eigenvalue weighted by Gasteiger charge is -2.37. The number of likely N-dealkylation sites (tertiary alicyclic amines) is 1. The van der Waals surface area contributed by atoms with Crippen LogP contribution in [0.2, 0.25) is 0 Å². The largest absolute Gasteiger partial charge is 0.465 e. The normalized spacial score (nSPS) is 23.8. The van der Waals surface area contributed by atoms with Gasteiger partial charge in [0.2, 0.25) is 0 Å². The predicted molar refractivity (Wildman–Crippen MR) is 69.3 cm³/mol. The smallest absolute Gasteiger partial charge is 0.407 e. The van der Waals surface area contributed by atoms with Gasteiger partial charge in [-0.2, -0.15) is 5.16 Å². The fraction of sp³-hybridized carbons (Fsp3) is 0.692. The minimum atomic E-state index is -0.861. The Kier molecular flexibility index (Phi) is 3.97. The summed E-state index contributed by atoms with van der Waals surface area (Å²) in [5, 5.41) is 11.5. The van der Waals surface area contributed by atoms with Crippen molar-refractivity contribution in [2.45, 2.75) is 45.1 Å². The van der Waals surface area contributed by atoms with Crippen LogP contribution in [0.25, 0.3) is 0 Å². The third-order valence-electron chi connectivity index (χ3n) is 3.65. The van der Waals surface area contributed by atoms with Crippen molar-refractivity contribution >= 4 is 6.09 Å². The lowest BCUT2D eigenvalue weighted by molar-refractivity contribution is 0.0887. The Morgan fingerprint density at radius 3 is 2.89 bits per heavy atom. The van der Waals surface area contributed by atoms with Crippen molar-refractivity contribution in [3.63, 3.8) is 0 Å². The lowest BCUT2D eigenvalue weighted by Crippen LogP contribution is -2.45. The molecule has 19 heavy (non-hydrogen) atoms. The monoisotopic (exact) mass is 268 g/mol. The number of hydrogen-bond acceptors (Lipinski definition) is 3. The molecule has 1 aliphatic rings. The van der Waals surface area contributed by atoms with Crippen LogP contribution in [0.3, 0.4) is 0 Å². The number of aromatic nitrogens is 1. The molecule has 106 valence electrons. The fourth-order valence-electron chi connectivity index (χ4n) is 2.83. The van der Waals surface area contributed by atoms with Gasteiger partial charge in [0, 0.05) is 24.6 Å². The number of piperidine rings is 1. The van der Waals surface area contributed by atoms with Crippen LogP contribution in [0.5, 0.6) is 0 Å². The topological polar surface area (TPSA) is 86.5 Å². The Morgan fingerprint density at radius 1 is 1.63 bits per heavy atom. The average molecular weight is 268 g/mol. The zero-order chi connectivity index (χ0) is 14.0. The van der Waals surface area contributed by atoms with Crippen LogP contribution in [0, 0.1) is 5.92 Å². The van der Waals surface area contributed by atoms with Crippen molar-refractivity contribution < 1.29 is 14.4 Å². The highest BCUT2D eigenvalue weighted by atomic mass is 16.5. The van der Waals surface area contributed by atoms with Crippen molar-refractivity contribution in [1.82, 2.24) is 10.1 Å². The zero-order valence-electron chi connectivity index (χ0n) is 11.3. The third-order valence-corrected chi connectivity index (χ3v) is 3.65. The SMILES string of the molecule is CC(C)C[C@H]1C[C@@H](c2cc(=O)[nH]o2)CCN1C(=O)O. The highest BCUT2D eigenvalue weighted by Crippen LogP contribution is 2.33. The van der Waals surface area contributed by atoms with Gasteiger partial charge in [-0.15, -0.1) is 0 Å². The van der Waals surface area contributed by atoms with Crippen molar-refractivity contribution in [1.29, 1.82) is 0 Å². The van der Waals surface area contributed by atoms with E-state index in [2.05, 4.69) is 19.0 Å². The van der Waals surface area contributed by atoms with Gasteiger partial charge >= 0.3 is 6.09 Å². The molecule has 0 unspecified atom stereocenters. The third kappa shape index (κ3) is 3.19. The Hall–Kier alpha value is -1.72. The van der Waals surface area contributed by atoms with Crippen molar-refractivity contribution in [3.05, 3.63) is 22.2 Å². The molecule has 0 aromatic carbocycles. The van der Waals surface area contributed by atoms with Crippen molar-refractivity contribution in [2.75, 3.05) is 6.54 Å². The van der Waals surface area contributed by atoms with Crippen LogP contribution in [-0.4, -0.2) is 33.8 Å². The molecule has 1 saturated heterocycles. The molecule has 2 rings (SSSR count). The molecule has 1 aromatic rings. The van der Waals surface area contributed by atoms with Gasteiger partial charge in [0.25, 0.3) is 5.56 Å². The van der Waals surface area contributed by atoms with Gasteiger partial charge in [-0.1, -0.05) is 13.8 Å². The average Bonchev–Trinajstić information content (AvgIpc) is 2.74. The number of hydrogen-bond donors (Lipinski definition) is 2. The number of nitrogens with one attached hydrogen (secondary N) is 1. The quantitative estimate of drug-likeness (QED) is 0.880. The summed E-state index contributed by atoms with van der Waals surface area (Å²) in [6.07, 6.45) is 1.38. The molecule has 1 fully saturated rings. The van der Waals surface area contributed by atoms with Crippen LogP contribution in [0.4, 0.5) is 4.79 Å². The second-order valence-electron chi connectivity index (χ2n) is 5.60. The number of aromatic amines is 1. The summed E-state index contributed by atoms with van der Waals surface area (Å²) < 4.78 is 5.15. The Morgan fingerprint density at radius 2 is 2.37 bits per heavy atom. The van der Waals surface area contributed by atoms with E-state index >= 15 is 0 Å². The summed E-state index contributed by atoms with van der Waals surface area (Å²) in [6, 6.07) is 1.46. The van der Waals surface area contributed by atoms with Gasteiger partial charge in [-0.25, -0.2) is 4.79 Å². The summed E-state index contributed by atoms with van der Waals surface area (Å²) in [5.74, 6) is 1.20. The van der Waals surface area contributed by atoms with Gasteiger partial charge in [0.1, 0.15) is 5.76 Å². The van der Waals surface area contributed by atoms with Crippen LogP contribution in [-0.2, 0) is 0 Å². The molecule has 2 N–H and O–H groups in total. The van der Waals surface area contributed by atoms with Crippen molar-refractivity contribution in [3.8, 4) is 0 Å². The van der Waals surface area contributed by atoms with E-state index in [4.69, 9.17) is 4.52 Å². The number of H-pyrrole nitrogens is 1. The van der Waals surface area contributed by atoms with Gasteiger partial charge in [-0.05, 0) is 25.2 Å². The summed E-state index contributed by atoms with van der Waals surface area (Å²) in [7, 11) is 0. The predicted octanol–water partition coefficient (Wildman–Crippen LogP) is 2.24. The molecule has 0 radical (unpaired) electrons. The van der Waals surface area contributed by atoms with E-state index in [1.165, 1.54) is 11.0 Å². The highest BCUT2D eigenvalue weighted by Gasteiger charge is 2.33. The number of rotatable bonds is 3. The maximum absolute atomic E-state index is 11.2. The molecule has 0 bridgehead atoms.